The number of sulfonamides is 1. The molecule has 0 unspecified atom stereocenters. The number of aryl methyl sites for hydroxylation is 2. The van der Waals surface area contributed by atoms with E-state index in [2.05, 4.69) is 15.0 Å². The van der Waals surface area contributed by atoms with E-state index in [1.807, 2.05) is 33.8 Å². The minimum Gasteiger partial charge on any atom is -0.350 e. The van der Waals surface area contributed by atoms with Gasteiger partial charge in [-0.05, 0) is 31.0 Å². The number of benzene rings is 1. The fourth-order valence-electron chi connectivity index (χ4n) is 2.25. The van der Waals surface area contributed by atoms with Crippen LogP contribution in [0.4, 0.5) is 0 Å². The van der Waals surface area contributed by atoms with Crippen LogP contribution in [0.3, 0.4) is 0 Å². The summed E-state index contributed by atoms with van der Waals surface area (Å²) in [4.78, 5) is 17.2. The summed E-state index contributed by atoms with van der Waals surface area (Å²) in [6.07, 6.45) is 1.56. The van der Waals surface area contributed by atoms with Crippen molar-refractivity contribution in [3.63, 3.8) is 0 Å². The molecule has 8 heteroatoms. The van der Waals surface area contributed by atoms with Gasteiger partial charge in [-0.3, -0.25) is 4.79 Å². The molecule has 0 aliphatic heterocycles. The molecular formula is C18H25N3O3S2. The molecule has 0 radical (unpaired) electrons. The van der Waals surface area contributed by atoms with Crippen molar-refractivity contribution in [2.45, 2.75) is 44.9 Å². The van der Waals surface area contributed by atoms with Gasteiger partial charge in [0, 0.05) is 18.5 Å². The van der Waals surface area contributed by atoms with Crippen molar-refractivity contribution >= 4 is 27.3 Å². The zero-order valence-electron chi connectivity index (χ0n) is 15.7. The summed E-state index contributed by atoms with van der Waals surface area (Å²) in [7, 11) is -3.60. The Labute approximate surface area is 159 Å². The molecule has 0 aliphatic rings. The van der Waals surface area contributed by atoms with Crippen LogP contribution in [0.25, 0.3) is 0 Å². The molecule has 0 atom stereocenters. The molecule has 2 rings (SSSR count). The van der Waals surface area contributed by atoms with Crippen molar-refractivity contribution in [3.8, 4) is 0 Å². The molecule has 0 saturated carbocycles. The van der Waals surface area contributed by atoms with Crippen molar-refractivity contribution in [1.29, 1.82) is 0 Å². The average molecular weight is 396 g/mol. The van der Waals surface area contributed by atoms with Gasteiger partial charge in [-0.15, -0.1) is 11.3 Å². The lowest BCUT2D eigenvalue weighted by atomic mass is 9.98. The smallest absolute Gasteiger partial charge is 0.263 e. The van der Waals surface area contributed by atoms with Gasteiger partial charge < -0.3 is 5.32 Å². The van der Waals surface area contributed by atoms with E-state index in [0.29, 0.717) is 10.4 Å². The Bertz CT molecular complexity index is 897. The number of hydrogen-bond donors (Lipinski definition) is 2. The third-order valence-corrected chi connectivity index (χ3v) is 6.73. The Hall–Kier alpha value is -1.77. The summed E-state index contributed by atoms with van der Waals surface area (Å²) in [6.45, 7) is 10.0. The number of thiazole rings is 1. The second-order valence-electron chi connectivity index (χ2n) is 7.20. The van der Waals surface area contributed by atoms with Crippen LogP contribution in [0, 0.1) is 13.8 Å². The summed E-state index contributed by atoms with van der Waals surface area (Å²) < 4.78 is 27.3. The summed E-state index contributed by atoms with van der Waals surface area (Å²) >= 11 is 1.35. The van der Waals surface area contributed by atoms with Gasteiger partial charge in [-0.1, -0.05) is 32.9 Å². The highest BCUT2D eigenvalue weighted by molar-refractivity contribution is 7.89. The van der Waals surface area contributed by atoms with Crippen molar-refractivity contribution < 1.29 is 13.2 Å². The van der Waals surface area contributed by atoms with E-state index in [4.69, 9.17) is 0 Å². The standard InChI is InChI=1S/C18H25N3O3S2/c1-12-6-7-13(2)15(10-12)26(23,24)21-9-8-19-16(22)14-11-20-17(25-14)18(3,4)5/h6-7,10-11,21H,8-9H2,1-5H3,(H,19,22). The molecule has 0 saturated heterocycles. The molecule has 0 aliphatic carbocycles. The summed E-state index contributed by atoms with van der Waals surface area (Å²) in [5, 5.41) is 3.61. The first-order valence-corrected chi connectivity index (χ1v) is 10.6. The topological polar surface area (TPSA) is 88.2 Å². The van der Waals surface area contributed by atoms with Gasteiger partial charge in [0.15, 0.2) is 0 Å². The Kier molecular flexibility index (Phi) is 6.21. The van der Waals surface area contributed by atoms with Gasteiger partial charge in [0.2, 0.25) is 10.0 Å². The van der Waals surface area contributed by atoms with Crippen molar-refractivity contribution in [3.05, 3.63) is 45.4 Å². The van der Waals surface area contributed by atoms with Crippen molar-refractivity contribution in [2.75, 3.05) is 13.1 Å². The highest BCUT2D eigenvalue weighted by Crippen LogP contribution is 2.26. The second kappa shape index (κ2) is 7.85. The van der Waals surface area contributed by atoms with Gasteiger partial charge in [0.05, 0.1) is 16.1 Å². The monoisotopic (exact) mass is 395 g/mol. The largest absolute Gasteiger partial charge is 0.350 e. The fraction of sp³-hybridized carbons (Fsp3) is 0.444. The number of carbonyl (C=O) groups excluding carboxylic acids is 1. The normalized spacial score (nSPS) is 12.2. The maximum atomic E-state index is 12.4. The summed E-state index contributed by atoms with van der Waals surface area (Å²) in [6, 6.07) is 5.29. The van der Waals surface area contributed by atoms with Gasteiger partial charge in [-0.25, -0.2) is 18.1 Å². The van der Waals surface area contributed by atoms with Crippen LogP contribution in [-0.2, 0) is 15.4 Å². The van der Waals surface area contributed by atoms with Crippen LogP contribution in [-0.4, -0.2) is 32.4 Å². The first-order valence-electron chi connectivity index (χ1n) is 8.32. The Balaban J connectivity index is 1.91. The molecule has 1 aromatic carbocycles. The average Bonchev–Trinajstić information content (AvgIpc) is 3.04. The van der Waals surface area contributed by atoms with Gasteiger partial charge in [0.25, 0.3) is 5.91 Å². The van der Waals surface area contributed by atoms with Crippen LogP contribution >= 0.6 is 11.3 Å². The molecule has 0 fully saturated rings. The molecule has 2 aromatic rings. The molecule has 6 nitrogen and oxygen atoms in total. The maximum Gasteiger partial charge on any atom is 0.263 e. The number of hydrogen-bond acceptors (Lipinski definition) is 5. The lowest BCUT2D eigenvalue weighted by Crippen LogP contribution is -2.34. The lowest BCUT2D eigenvalue weighted by molar-refractivity contribution is 0.0958. The van der Waals surface area contributed by atoms with Crippen LogP contribution in [0.1, 0.15) is 46.6 Å². The van der Waals surface area contributed by atoms with E-state index in [0.717, 1.165) is 10.6 Å². The molecule has 1 aromatic heterocycles. The van der Waals surface area contributed by atoms with Gasteiger partial charge in [-0.2, -0.15) is 0 Å². The number of nitrogens with zero attached hydrogens (tertiary/aromatic N) is 1. The van der Waals surface area contributed by atoms with E-state index in [-0.39, 0.29) is 29.3 Å². The van der Waals surface area contributed by atoms with Crippen molar-refractivity contribution in [1.82, 2.24) is 15.0 Å². The maximum absolute atomic E-state index is 12.4. The minimum absolute atomic E-state index is 0.107. The lowest BCUT2D eigenvalue weighted by Gasteiger charge is -2.13. The van der Waals surface area contributed by atoms with E-state index in [1.54, 1.807) is 25.3 Å². The van der Waals surface area contributed by atoms with Crippen LogP contribution in [0.15, 0.2) is 29.3 Å². The Morgan fingerprint density at radius 3 is 2.50 bits per heavy atom. The zero-order valence-corrected chi connectivity index (χ0v) is 17.3. The number of amides is 1. The van der Waals surface area contributed by atoms with E-state index >= 15 is 0 Å². The molecule has 1 amide bonds. The third kappa shape index (κ3) is 5.12. The Morgan fingerprint density at radius 1 is 1.19 bits per heavy atom. The second-order valence-corrected chi connectivity index (χ2v) is 9.97. The molecule has 2 N–H and O–H groups in total. The predicted octanol–water partition coefficient (Wildman–Crippen LogP) is 2.77. The van der Waals surface area contributed by atoms with E-state index in [9.17, 15) is 13.2 Å². The van der Waals surface area contributed by atoms with E-state index < -0.39 is 10.0 Å². The summed E-state index contributed by atoms with van der Waals surface area (Å²) in [5.74, 6) is -0.246. The van der Waals surface area contributed by atoms with E-state index in [1.165, 1.54) is 11.3 Å². The first-order chi connectivity index (χ1) is 12.0. The van der Waals surface area contributed by atoms with Gasteiger partial charge >= 0.3 is 0 Å². The SMILES string of the molecule is Cc1ccc(C)c(S(=O)(=O)NCCNC(=O)c2cnc(C(C)(C)C)s2)c1. The van der Waals surface area contributed by atoms with Crippen LogP contribution in [0.5, 0.6) is 0 Å². The molecule has 0 bridgehead atoms. The number of carbonyl (C=O) groups is 1. The third-order valence-electron chi connectivity index (χ3n) is 3.71. The van der Waals surface area contributed by atoms with Crippen LogP contribution in [0.2, 0.25) is 0 Å². The Morgan fingerprint density at radius 2 is 1.88 bits per heavy atom. The molecule has 0 spiro atoms. The number of nitrogens with one attached hydrogen (secondary N) is 2. The first kappa shape index (κ1) is 20.5. The minimum atomic E-state index is -3.60. The van der Waals surface area contributed by atoms with Gasteiger partial charge in [0.1, 0.15) is 4.88 Å². The highest BCUT2D eigenvalue weighted by atomic mass is 32.2. The number of aromatic nitrogens is 1. The molecule has 142 valence electrons. The molecular weight excluding hydrogens is 370 g/mol. The number of rotatable bonds is 6. The zero-order chi connectivity index (χ0) is 19.5. The molecule has 1 heterocycles. The quantitative estimate of drug-likeness (QED) is 0.736. The highest BCUT2D eigenvalue weighted by Gasteiger charge is 2.20. The predicted molar refractivity (Wildman–Crippen MR) is 104 cm³/mol. The fourth-order valence-corrected chi connectivity index (χ4v) is 4.50. The van der Waals surface area contributed by atoms with Crippen LogP contribution < -0.4 is 10.0 Å². The van der Waals surface area contributed by atoms with Crippen molar-refractivity contribution in [2.24, 2.45) is 0 Å². The summed E-state index contributed by atoms with van der Waals surface area (Å²) in [5.41, 5.74) is 1.46. The molecule has 26 heavy (non-hydrogen) atoms.